The predicted octanol–water partition coefficient (Wildman–Crippen LogP) is 3.43. The predicted molar refractivity (Wildman–Crippen MR) is 115 cm³/mol. The van der Waals surface area contributed by atoms with E-state index in [9.17, 15) is 9.90 Å². The van der Waals surface area contributed by atoms with Crippen molar-refractivity contribution >= 4 is 11.8 Å². The summed E-state index contributed by atoms with van der Waals surface area (Å²) >= 11 is 0. The van der Waals surface area contributed by atoms with E-state index in [0.717, 1.165) is 12.0 Å². The summed E-state index contributed by atoms with van der Waals surface area (Å²) in [6.45, 7) is 1.26. The van der Waals surface area contributed by atoms with Crippen molar-refractivity contribution in [1.29, 1.82) is 0 Å². The van der Waals surface area contributed by atoms with Gasteiger partial charge in [-0.1, -0.05) is 24.3 Å². The maximum atomic E-state index is 11.9. The number of carboxylic acids is 1. The van der Waals surface area contributed by atoms with Gasteiger partial charge < -0.3 is 24.2 Å². The molecule has 0 amide bonds. The highest BCUT2D eigenvalue weighted by Crippen LogP contribution is 2.41. The van der Waals surface area contributed by atoms with E-state index in [1.807, 2.05) is 17.0 Å². The van der Waals surface area contributed by atoms with Crippen LogP contribution in [0.15, 0.2) is 42.6 Å². The first kappa shape index (κ1) is 20.5. The molecule has 0 aliphatic carbocycles. The first-order chi connectivity index (χ1) is 15.0. The molecule has 1 aliphatic heterocycles. The summed E-state index contributed by atoms with van der Waals surface area (Å²) in [6.07, 6.45) is 2.17. The molecule has 4 rings (SSSR count). The quantitative estimate of drug-likeness (QED) is 0.647. The molecular formula is C23H23N3O5. The second kappa shape index (κ2) is 8.51. The SMILES string of the molecule is COc1cc(-c2ncc(C(=O)O)c(N3CCc4ccccc4C3)n2)cc(OC)c1OC. The molecule has 2 heterocycles. The van der Waals surface area contributed by atoms with E-state index in [1.165, 1.54) is 33.1 Å². The van der Waals surface area contributed by atoms with Gasteiger partial charge in [0.25, 0.3) is 0 Å². The molecule has 160 valence electrons. The number of anilines is 1. The Labute approximate surface area is 180 Å². The summed E-state index contributed by atoms with van der Waals surface area (Å²) in [4.78, 5) is 22.8. The summed E-state index contributed by atoms with van der Waals surface area (Å²) < 4.78 is 16.2. The lowest BCUT2D eigenvalue weighted by Gasteiger charge is -2.30. The molecule has 0 saturated heterocycles. The van der Waals surface area contributed by atoms with Gasteiger partial charge in [0.15, 0.2) is 17.3 Å². The van der Waals surface area contributed by atoms with Crippen LogP contribution in [0.5, 0.6) is 17.2 Å². The maximum absolute atomic E-state index is 11.9. The summed E-state index contributed by atoms with van der Waals surface area (Å²) in [5, 5.41) is 9.72. The van der Waals surface area contributed by atoms with Crippen LogP contribution in [0.25, 0.3) is 11.4 Å². The second-order valence-electron chi connectivity index (χ2n) is 7.09. The fraction of sp³-hybridized carbons (Fsp3) is 0.261. The van der Waals surface area contributed by atoms with Crippen LogP contribution in [0.2, 0.25) is 0 Å². The molecule has 31 heavy (non-hydrogen) atoms. The van der Waals surface area contributed by atoms with E-state index >= 15 is 0 Å². The highest BCUT2D eigenvalue weighted by molar-refractivity contribution is 5.93. The van der Waals surface area contributed by atoms with Gasteiger partial charge in [-0.2, -0.15) is 0 Å². The second-order valence-corrected chi connectivity index (χ2v) is 7.09. The minimum absolute atomic E-state index is 0.0653. The van der Waals surface area contributed by atoms with Crippen LogP contribution in [-0.4, -0.2) is 48.9 Å². The van der Waals surface area contributed by atoms with E-state index in [1.54, 1.807) is 12.1 Å². The Morgan fingerprint density at radius 3 is 2.32 bits per heavy atom. The van der Waals surface area contributed by atoms with Crippen molar-refractivity contribution in [2.24, 2.45) is 0 Å². The minimum Gasteiger partial charge on any atom is -0.493 e. The van der Waals surface area contributed by atoms with Crippen molar-refractivity contribution in [2.45, 2.75) is 13.0 Å². The van der Waals surface area contributed by atoms with E-state index < -0.39 is 5.97 Å². The average Bonchev–Trinajstić information content (AvgIpc) is 2.82. The van der Waals surface area contributed by atoms with Crippen LogP contribution in [0.4, 0.5) is 5.82 Å². The molecule has 0 unspecified atom stereocenters. The number of aromatic carboxylic acids is 1. The third-order valence-corrected chi connectivity index (χ3v) is 5.35. The van der Waals surface area contributed by atoms with Crippen LogP contribution in [0.3, 0.4) is 0 Å². The third kappa shape index (κ3) is 3.84. The molecule has 0 bridgehead atoms. The average molecular weight is 421 g/mol. The maximum Gasteiger partial charge on any atom is 0.341 e. The fourth-order valence-corrected chi connectivity index (χ4v) is 3.79. The Morgan fingerprint density at radius 1 is 1.03 bits per heavy atom. The zero-order chi connectivity index (χ0) is 22.0. The molecule has 8 nitrogen and oxygen atoms in total. The molecule has 0 radical (unpaired) electrons. The highest BCUT2D eigenvalue weighted by atomic mass is 16.5. The van der Waals surface area contributed by atoms with Crippen LogP contribution in [0, 0.1) is 0 Å². The van der Waals surface area contributed by atoms with Crippen LogP contribution < -0.4 is 19.1 Å². The lowest BCUT2D eigenvalue weighted by Crippen LogP contribution is -2.32. The van der Waals surface area contributed by atoms with Gasteiger partial charge in [-0.25, -0.2) is 14.8 Å². The normalized spacial score (nSPS) is 12.8. The number of benzene rings is 2. The number of rotatable bonds is 6. The first-order valence-electron chi connectivity index (χ1n) is 9.78. The van der Waals surface area contributed by atoms with Gasteiger partial charge in [-0.15, -0.1) is 0 Å². The number of aromatic nitrogens is 2. The van der Waals surface area contributed by atoms with Gasteiger partial charge in [0.2, 0.25) is 5.75 Å². The van der Waals surface area contributed by atoms with Crippen LogP contribution in [0.1, 0.15) is 21.5 Å². The lowest BCUT2D eigenvalue weighted by atomic mass is 9.99. The first-order valence-corrected chi connectivity index (χ1v) is 9.78. The molecular weight excluding hydrogens is 398 g/mol. The Morgan fingerprint density at radius 2 is 1.71 bits per heavy atom. The summed E-state index contributed by atoms with van der Waals surface area (Å²) in [7, 11) is 4.60. The number of carbonyl (C=O) groups is 1. The van der Waals surface area contributed by atoms with E-state index in [-0.39, 0.29) is 5.56 Å². The number of hydrogen-bond donors (Lipinski definition) is 1. The van der Waals surface area contributed by atoms with E-state index in [0.29, 0.717) is 47.5 Å². The Hall–Kier alpha value is -3.81. The van der Waals surface area contributed by atoms with Crippen LogP contribution in [-0.2, 0) is 13.0 Å². The van der Waals surface area contributed by atoms with Gasteiger partial charge in [0.05, 0.1) is 21.3 Å². The molecule has 0 spiro atoms. The topological polar surface area (TPSA) is 94.0 Å². The summed E-state index contributed by atoms with van der Waals surface area (Å²) in [6, 6.07) is 11.7. The van der Waals surface area contributed by atoms with E-state index in [2.05, 4.69) is 22.1 Å². The van der Waals surface area contributed by atoms with Crippen molar-refractivity contribution in [3.8, 4) is 28.6 Å². The minimum atomic E-state index is -1.06. The number of nitrogens with zero attached hydrogens (tertiary/aromatic N) is 3. The Kier molecular flexibility index (Phi) is 5.62. The van der Waals surface area contributed by atoms with Crippen molar-refractivity contribution in [3.63, 3.8) is 0 Å². The number of fused-ring (bicyclic) bond motifs is 1. The third-order valence-electron chi connectivity index (χ3n) is 5.35. The van der Waals surface area contributed by atoms with Crippen molar-refractivity contribution in [1.82, 2.24) is 9.97 Å². The fourth-order valence-electron chi connectivity index (χ4n) is 3.79. The smallest absolute Gasteiger partial charge is 0.341 e. The van der Waals surface area contributed by atoms with Gasteiger partial charge in [-0.05, 0) is 29.7 Å². The van der Waals surface area contributed by atoms with Gasteiger partial charge in [0, 0.05) is 24.8 Å². The van der Waals surface area contributed by atoms with Gasteiger partial charge in [0.1, 0.15) is 11.4 Å². The largest absolute Gasteiger partial charge is 0.493 e. The van der Waals surface area contributed by atoms with Gasteiger partial charge in [-0.3, -0.25) is 0 Å². The lowest BCUT2D eigenvalue weighted by molar-refractivity contribution is 0.0696. The van der Waals surface area contributed by atoms with Crippen LogP contribution >= 0.6 is 0 Å². The number of carboxylic acid groups (broad SMARTS) is 1. The van der Waals surface area contributed by atoms with Crippen molar-refractivity contribution < 1.29 is 24.1 Å². The molecule has 1 aromatic heterocycles. The number of ether oxygens (including phenoxy) is 3. The molecule has 3 aromatic rings. The highest BCUT2D eigenvalue weighted by Gasteiger charge is 2.24. The standard InChI is InChI=1S/C23H23N3O5/c1-29-18-10-16(11-19(30-2)20(18)31-3)21-24-12-17(23(27)28)22(25-21)26-9-8-14-6-4-5-7-15(14)13-26/h4-7,10-12H,8-9,13H2,1-3H3,(H,27,28). The summed E-state index contributed by atoms with van der Waals surface area (Å²) in [5.74, 6) is 1.10. The van der Waals surface area contributed by atoms with Gasteiger partial charge >= 0.3 is 5.97 Å². The van der Waals surface area contributed by atoms with Crippen molar-refractivity contribution in [2.75, 3.05) is 32.8 Å². The van der Waals surface area contributed by atoms with Crippen molar-refractivity contribution in [3.05, 3.63) is 59.3 Å². The molecule has 2 aromatic carbocycles. The monoisotopic (exact) mass is 421 g/mol. The molecule has 1 aliphatic rings. The molecule has 0 fully saturated rings. The molecule has 1 N–H and O–H groups in total. The molecule has 8 heteroatoms. The zero-order valence-electron chi connectivity index (χ0n) is 17.6. The molecule has 0 saturated carbocycles. The Balaban J connectivity index is 1.79. The Bertz CT molecular complexity index is 1110. The molecule has 0 atom stereocenters. The van der Waals surface area contributed by atoms with E-state index in [4.69, 9.17) is 14.2 Å². The number of hydrogen-bond acceptors (Lipinski definition) is 7. The zero-order valence-corrected chi connectivity index (χ0v) is 17.6. The summed E-state index contributed by atoms with van der Waals surface area (Å²) in [5.41, 5.74) is 3.13. The number of methoxy groups -OCH3 is 3.